The lowest BCUT2D eigenvalue weighted by Crippen LogP contribution is -2.52. The average Bonchev–Trinajstić information content (AvgIpc) is 3.14. The Balaban J connectivity index is 1.29. The summed E-state index contributed by atoms with van der Waals surface area (Å²) in [6.07, 6.45) is 1.14. The van der Waals surface area contributed by atoms with Gasteiger partial charge in [-0.3, -0.25) is 24.5 Å². The summed E-state index contributed by atoms with van der Waals surface area (Å²) in [4.78, 5) is 64.6. The fraction of sp³-hybridized carbons (Fsp3) is 0.560. The van der Waals surface area contributed by atoms with Crippen LogP contribution in [0.1, 0.15) is 62.4 Å². The highest BCUT2D eigenvalue weighted by atomic mass is 16.6. The van der Waals surface area contributed by atoms with E-state index in [0.29, 0.717) is 42.7 Å². The Labute approximate surface area is 209 Å². The summed E-state index contributed by atoms with van der Waals surface area (Å²) in [5.41, 5.74) is 0.993. The Morgan fingerprint density at radius 2 is 1.83 bits per heavy atom. The van der Waals surface area contributed by atoms with Crippen molar-refractivity contribution < 1.29 is 33.4 Å². The third kappa shape index (κ3) is 5.84. The van der Waals surface area contributed by atoms with Gasteiger partial charge in [0, 0.05) is 42.9 Å². The van der Waals surface area contributed by atoms with Crippen molar-refractivity contribution in [2.75, 3.05) is 25.0 Å². The van der Waals surface area contributed by atoms with Gasteiger partial charge in [-0.25, -0.2) is 4.79 Å². The molecule has 11 heteroatoms. The second-order valence-corrected chi connectivity index (χ2v) is 10.3. The number of piperidine rings is 2. The van der Waals surface area contributed by atoms with Gasteiger partial charge in [0.1, 0.15) is 18.2 Å². The number of fused-ring (bicyclic) bond motifs is 1. The van der Waals surface area contributed by atoms with Gasteiger partial charge in [-0.15, -0.1) is 0 Å². The second kappa shape index (κ2) is 10.3. The molecule has 2 saturated heterocycles. The summed E-state index contributed by atoms with van der Waals surface area (Å²) in [7, 11) is 0. The zero-order valence-corrected chi connectivity index (χ0v) is 20.8. The maximum Gasteiger partial charge on any atom is 0.410 e. The molecule has 3 heterocycles. The minimum atomic E-state index is -0.721. The van der Waals surface area contributed by atoms with Gasteiger partial charge in [-0.1, -0.05) is 6.07 Å². The van der Waals surface area contributed by atoms with E-state index >= 15 is 0 Å². The van der Waals surface area contributed by atoms with Gasteiger partial charge in [-0.05, 0) is 52.2 Å². The van der Waals surface area contributed by atoms with E-state index in [9.17, 15) is 24.0 Å². The Bertz CT molecular complexity index is 1070. The number of nitrogens with one attached hydrogen (secondary N) is 2. The summed E-state index contributed by atoms with van der Waals surface area (Å²) >= 11 is 0. The van der Waals surface area contributed by atoms with Crippen LogP contribution < -0.4 is 10.6 Å². The van der Waals surface area contributed by atoms with Crippen LogP contribution in [0.2, 0.25) is 0 Å². The summed E-state index contributed by atoms with van der Waals surface area (Å²) in [5.74, 6) is -1.48. The molecule has 3 aliphatic heterocycles. The number of ether oxygens (including phenoxy) is 2. The van der Waals surface area contributed by atoms with Crippen LogP contribution in [0.15, 0.2) is 18.2 Å². The van der Waals surface area contributed by atoms with E-state index in [1.165, 1.54) is 4.90 Å². The molecule has 0 radical (unpaired) electrons. The van der Waals surface area contributed by atoms with E-state index in [0.717, 1.165) is 0 Å². The number of anilines is 1. The molecule has 2 N–H and O–H groups in total. The zero-order valence-electron chi connectivity index (χ0n) is 20.8. The second-order valence-electron chi connectivity index (χ2n) is 10.3. The quantitative estimate of drug-likeness (QED) is 0.589. The number of carbonyl (C=O) groups excluding carboxylic acids is 5. The van der Waals surface area contributed by atoms with Crippen LogP contribution in [0, 0.1) is 0 Å². The molecule has 0 saturated carbocycles. The van der Waals surface area contributed by atoms with Crippen LogP contribution in [-0.2, 0) is 30.4 Å². The third-order valence-corrected chi connectivity index (χ3v) is 6.40. The van der Waals surface area contributed by atoms with Crippen LogP contribution in [0.25, 0.3) is 0 Å². The van der Waals surface area contributed by atoms with Gasteiger partial charge in [0.15, 0.2) is 0 Å². The van der Waals surface area contributed by atoms with E-state index in [1.54, 1.807) is 23.1 Å². The number of likely N-dealkylation sites (tertiary alicyclic amines) is 1. The SMILES string of the molecule is CC(C)(C)OC(=O)N1CCC(OCC(=O)Nc2cccc3c2CN(C2CCC(=O)NC2=O)C3=O)CC1. The van der Waals surface area contributed by atoms with Crippen LogP contribution in [0.5, 0.6) is 0 Å². The Hall–Kier alpha value is -3.47. The molecule has 1 unspecified atom stereocenters. The molecule has 3 aliphatic rings. The number of rotatable bonds is 5. The maximum absolute atomic E-state index is 12.9. The maximum atomic E-state index is 12.9. The molecule has 4 rings (SSSR count). The molecule has 1 atom stereocenters. The van der Waals surface area contributed by atoms with E-state index < -0.39 is 17.6 Å². The highest BCUT2D eigenvalue weighted by molar-refractivity contribution is 6.06. The monoisotopic (exact) mass is 500 g/mol. The van der Waals surface area contributed by atoms with Crippen molar-refractivity contribution in [1.29, 1.82) is 0 Å². The van der Waals surface area contributed by atoms with Crippen molar-refractivity contribution in [3.8, 4) is 0 Å². The van der Waals surface area contributed by atoms with Crippen molar-refractivity contribution >= 4 is 35.4 Å². The molecule has 0 aliphatic carbocycles. The molecule has 5 amide bonds. The van der Waals surface area contributed by atoms with E-state index in [-0.39, 0.29) is 55.9 Å². The normalized spacial score (nSPS) is 20.8. The van der Waals surface area contributed by atoms with E-state index in [1.807, 2.05) is 20.8 Å². The first kappa shape index (κ1) is 25.6. The topological polar surface area (TPSA) is 134 Å². The summed E-state index contributed by atoms with van der Waals surface area (Å²) < 4.78 is 11.2. The molecule has 1 aromatic rings. The number of carbonyl (C=O) groups is 5. The predicted molar refractivity (Wildman–Crippen MR) is 128 cm³/mol. The Morgan fingerprint density at radius 1 is 1.11 bits per heavy atom. The lowest BCUT2D eigenvalue weighted by atomic mass is 10.0. The fourth-order valence-electron chi connectivity index (χ4n) is 4.61. The van der Waals surface area contributed by atoms with Crippen molar-refractivity contribution in [1.82, 2.24) is 15.1 Å². The van der Waals surface area contributed by atoms with Gasteiger partial charge in [0.2, 0.25) is 17.7 Å². The smallest absolute Gasteiger partial charge is 0.410 e. The molecule has 11 nitrogen and oxygen atoms in total. The molecule has 0 spiro atoms. The average molecular weight is 501 g/mol. The summed E-state index contributed by atoms with van der Waals surface area (Å²) in [5, 5.41) is 5.10. The highest BCUT2D eigenvalue weighted by Gasteiger charge is 2.40. The van der Waals surface area contributed by atoms with Gasteiger partial charge in [-0.2, -0.15) is 0 Å². The summed E-state index contributed by atoms with van der Waals surface area (Å²) in [6.45, 7) is 6.46. The molecule has 194 valence electrons. The van der Waals surface area contributed by atoms with E-state index in [4.69, 9.17) is 9.47 Å². The highest BCUT2D eigenvalue weighted by Crippen LogP contribution is 2.32. The molecule has 0 aromatic heterocycles. The van der Waals surface area contributed by atoms with Crippen LogP contribution >= 0.6 is 0 Å². The molecule has 0 bridgehead atoms. The first-order valence-electron chi connectivity index (χ1n) is 12.2. The Morgan fingerprint density at radius 3 is 2.50 bits per heavy atom. The molecular formula is C25H32N4O7. The molecular weight excluding hydrogens is 468 g/mol. The first-order chi connectivity index (χ1) is 17.0. The van der Waals surface area contributed by atoms with Crippen molar-refractivity contribution in [2.24, 2.45) is 0 Å². The lowest BCUT2D eigenvalue weighted by molar-refractivity contribution is -0.137. The zero-order chi connectivity index (χ0) is 26.0. The van der Waals surface area contributed by atoms with Gasteiger partial charge in [0.25, 0.3) is 5.91 Å². The molecule has 2 fully saturated rings. The number of hydrogen-bond donors (Lipinski definition) is 2. The summed E-state index contributed by atoms with van der Waals surface area (Å²) in [6, 6.07) is 4.32. The number of amides is 5. The standard InChI is InChI=1S/C25H32N4O7/c1-25(2,3)36-24(34)28-11-9-15(10-12-28)35-14-21(31)26-18-6-4-5-16-17(18)13-29(23(16)33)19-7-8-20(30)27-22(19)32/h4-6,15,19H,7-14H2,1-3H3,(H,26,31)(H,27,30,32). The van der Waals surface area contributed by atoms with Gasteiger partial charge >= 0.3 is 6.09 Å². The van der Waals surface area contributed by atoms with Crippen LogP contribution in [0.3, 0.4) is 0 Å². The lowest BCUT2D eigenvalue weighted by Gasteiger charge is -2.33. The van der Waals surface area contributed by atoms with Crippen LogP contribution in [0.4, 0.5) is 10.5 Å². The largest absolute Gasteiger partial charge is 0.444 e. The first-order valence-corrected chi connectivity index (χ1v) is 12.2. The van der Waals surface area contributed by atoms with Gasteiger partial charge < -0.3 is 24.6 Å². The van der Waals surface area contributed by atoms with Crippen LogP contribution in [-0.4, -0.2) is 77.0 Å². The minimum Gasteiger partial charge on any atom is -0.444 e. The van der Waals surface area contributed by atoms with Crippen molar-refractivity contribution in [3.05, 3.63) is 29.3 Å². The minimum absolute atomic E-state index is 0.152. The van der Waals surface area contributed by atoms with E-state index in [2.05, 4.69) is 10.6 Å². The number of benzene rings is 1. The molecule has 1 aromatic carbocycles. The fourth-order valence-corrected chi connectivity index (χ4v) is 4.61. The number of imide groups is 1. The number of nitrogens with zero attached hydrogens (tertiary/aromatic N) is 2. The third-order valence-electron chi connectivity index (χ3n) is 6.40. The predicted octanol–water partition coefficient (Wildman–Crippen LogP) is 1.80. The Kier molecular flexibility index (Phi) is 7.30. The van der Waals surface area contributed by atoms with Gasteiger partial charge in [0.05, 0.1) is 6.10 Å². The molecule has 36 heavy (non-hydrogen) atoms. The van der Waals surface area contributed by atoms with Crippen molar-refractivity contribution in [2.45, 2.75) is 70.7 Å². The number of hydrogen-bond acceptors (Lipinski definition) is 7. The van der Waals surface area contributed by atoms with Crippen molar-refractivity contribution in [3.63, 3.8) is 0 Å².